The van der Waals surface area contributed by atoms with Gasteiger partial charge in [0.1, 0.15) is 29.2 Å². The van der Waals surface area contributed by atoms with Crippen molar-refractivity contribution in [1.82, 2.24) is 24.8 Å². The molecule has 2 aliphatic heterocycles. The first kappa shape index (κ1) is 43.7. The molecule has 2 bridgehead atoms. The van der Waals surface area contributed by atoms with Crippen LogP contribution in [0.2, 0.25) is 0 Å². The smallest absolute Gasteiger partial charge is 0.259 e. The Bertz CT molecular complexity index is 2310. The molecule has 3 aromatic rings. The zero-order chi connectivity index (χ0) is 43.8. The van der Waals surface area contributed by atoms with Crippen LogP contribution in [0.25, 0.3) is 22.2 Å². The van der Waals surface area contributed by atoms with E-state index in [2.05, 4.69) is 16.6 Å². The summed E-state index contributed by atoms with van der Waals surface area (Å²) in [6, 6.07) is 14.6. The van der Waals surface area contributed by atoms with Crippen molar-refractivity contribution in [2.75, 3.05) is 20.2 Å². The van der Waals surface area contributed by atoms with Gasteiger partial charge in [0.15, 0.2) is 0 Å². The van der Waals surface area contributed by atoms with Crippen LogP contribution in [-0.4, -0.2) is 96.0 Å². The van der Waals surface area contributed by atoms with Crippen molar-refractivity contribution >= 4 is 44.6 Å². The lowest BCUT2D eigenvalue weighted by atomic mass is 9.77. The Morgan fingerprint density at radius 1 is 1.00 bits per heavy atom. The van der Waals surface area contributed by atoms with Gasteiger partial charge in [0.2, 0.25) is 27.7 Å². The molecule has 13 nitrogen and oxygen atoms in total. The van der Waals surface area contributed by atoms with Gasteiger partial charge in [-0.2, -0.15) is 0 Å². The summed E-state index contributed by atoms with van der Waals surface area (Å²) in [5.41, 5.74) is 1.75. The normalized spacial score (nSPS) is 26.5. The highest BCUT2D eigenvalue weighted by Crippen LogP contribution is 2.46. The van der Waals surface area contributed by atoms with Crippen molar-refractivity contribution in [1.29, 1.82) is 0 Å². The maximum atomic E-state index is 15.3. The van der Waals surface area contributed by atoms with Crippen LogP contribution in [0.3, 0.4) is 0 Å². The van der Waals surface area contributed by atoms with Crippen molar-refractivity contribution < 1.29 is 37.1 Å². The Kier molecular flexibility index (Phi) is 12.7. The lowest BCUT2D eigenvalue weighted by Crippen LogP contribution is -2.57. The summed E-state index contributed by atoms with van der Waals surface area (Å²) in [6.45, 7) is 8.52. The molecule has 332 valence electrons. The molecule has 0 radical (unpaired) electrons. The number of aryl methyl sites for hydroxylation is 1. The minimum Gasteiger partial charge on any atom is -0.497 e. The minimum absolute atomic E-state index is 0.0339. The predicted molar refractivity (Wildman–Crippen MR) is 237 cm³/mol. The molecule has 62 heavy (non-hydrogen) atoms. The van der Waals surface area contributed by atoms with Gasteiger partial charge < -0.3 is 24.6 Å². The maximum absolute atomic E-state index is 15.3. The predicted octanol–water partition coefficient (Wildman–Crippen LogP) is 6.48. The Morgan fingerprint density at radius 3 is 2.42 bits per heavy atom. The molecule has 2 N–H and O–H groups in total. The number of amides is 4. The van der Waals surface area contributed by atoms with Gasteiger partial charge >= 0.3 is 0 Å². The summed E-state index contributed by atoms with van der Waals surface area (Å²) >= 11 is 0. The van der Waals surface area contributed by atoms with Crippen LogP contribution in [0, 0.1) is 17.8 Å². The highest BCUT2D eigenvalue weighted by Gasteiger charge is 2.62. The fourth-order valence-electron chi connectivity index (χ4n) is 10.1. The number of hydrogen-bond acceptors (Lipinski definition) is 9. The highest BCUT2D eigenvalue weighted by atomic mass is 32.2. The van der Waals surface area contributed by atoms with Gasteiger partial charge in [-0.25, -0.2) is 13.4 Å². The zero-order valence-corrected chi connectivity index (χ0v) is 37.1. The number of nitrogens with zero attached hydrogens (tertiary/aromatic N) is 3. The second-order valence-electron chi connectivity index (χ2n) is 18.4. The minimum atomic E-state index is -3.90. The maximum Gasteiger partial charge on any atom is 0.259 e. The lowest BCUT2D eigenvalue weighted by Gasteiger charge is -2.36. The molecule has 2 aromatic carbocycles. The number of ether oxygens (including phenoxy) is 2. The van der Waals surface area contributed by atoms with E-state index in [1.165, 1.54) is 0 Å². The number of nitrogens with one attached hydrogen (secondary N) is 2. The Labute approximate surface area is 365 Å². The number of benzene rings is 2. The van der Waals surface area contributed by atoms with Gasteiger partial charge in [-0.1, -0.05) is 62.1 Å². The summed E-state index contributed by atoms with van der Waals surface area (Å²) in [5.74, 6) is -1.65. The van der Waals surface area contributed by atoms with Crippen LogP contribution in [-0.2, 0) is 35.6 Å². The number of hydrogen-bond donors (Lipinski definition) is 2. The molecule has 5 aliphatic rings. The van der Waals surface area contributed by atoms with Crippen molar-refractivity contribution in [3.63, 3.8) is 0 Å². The highest BCUT2D eigenvalue weighted by molar-refractivity contribution is 7.91. The largest absolute Gasteiger partial charge is 0.497 e. The molecular weight excluding hydrogens is 807 g/mol. The fourth-order valence-corrected chi connectivity index (χ4v) is 11.4. The zero-order valence-electron chi connectivity index (χ0n) is 36.3. The molecule has 0 spiro atoms. The standard InChI is InChI=1S/C48H61N5O8S/c1-5-34-28-48(34,47(57)51-62(58,59)37-20-21-37)50-45(55)41-25-36-29-53(41)46(56)38(31-15-9-6-10-16-31)26-43(54)52(30(2)3)22-14-8-13-19-33-23-35(60-4)24-40-44(33)42(61-36)27-39(49-40)32-17-11-7-12-18-32/h5,7,11-12,17-18,23-24,27,30-31,34,36-38,41H,1,6,8-10,13-16,19-22,25-26,28-29H2,2-4H3,(H,50,55)(H,51,57)/t34-,36-,38+,41+,48-/m1/s1. The van der Waals surface area contributed by atoms with Gasteiger partial charge in [-0.15, -0.1) is 6.58 Å². The van der Waals surface area contributed by atoms with Gasteiger partial charge in [0.25, 0.3) is 5.91 Å². The summed E-state index contributed by atoms with van der Waals surface area (Å²) in [6.07, 6.45) is 10.0. The van der Waals surface area contributed by atoms with E-state index in [-0.39, 0.29) is 49.6 Å². The molecule has 5 atom stereocenters. The Morgan fingerprint density at radius 2 is 1.74 bits per heavy atom. The molecule has 4 amide bonds. The fraction of sp³-hybridized carbons (Fsp3) is 0.562. The van der Waals surface area contributed by atoms with Crippen molar-refractivity contribution in [2.24, 2.45) is 17.8 Å². The third-order valence-corrected chi connectivity index (χ3v) is 15.7. The number of aromatic nitrogens is 1. The SMILES string of the molecule is C=C[C@@H]1C[C@]1(NC(=O)[C@@H]1C[C@@H]2CN1C(=O)[C@H](C1CCCCC1)CC(=O)N(C(C)C)CCCCCc1cc(OC)cc3nc(-c4ccccc4)cc(c13)O2)C(=O)NS(=O)(=O)C1CC1. The van der Waals surface area contributed by atoms with Gasteiger partial charge in [0.05, 0.1) is 30.1 Å². The Balaban J connectivity index is 1.20. The third-order valence-electron chi connectivity index (χ3n) is 13.8. The van der Waals surface area contributed by atoms with E-state index in [1.807, 2.05) is 67.3 Å². The van der Waals surface area contributed by atoms with Gasteiger partial charge in [-0.3, -0.25) is 23.9 Å². The van der Waals surface area contributed by atoms with Crippen LogP contribution >= 0.6 is 0 Å². The number of carbonyl (C=O) groups is 4. The Hall–Kier alpha value is -4.98. The van der Waals surface area contributed by atoms with Crippen LogP contribution in [0.5, 0.6) is 11.5 Å². The topological polar surface area (TPSA) is 164 Å². The summed E-state index contributed by atoms with van der Waals surface area (Å²) < 4.78 is 40.9. The number of rotatable bonds is 10. The first-order chi connectivity index (χ1) is 29.8. The molecule has 1 aromatic heterocycles. The molecule has 0 unspecified atom stereocenters. The van der Waals surface area contributed by atoms with E-state index >= 15 is 4.79 Å². The molecule has 1 saturated heterocycles. The van der Waals surface area contributed by atoms with Crippen LogP contribution < -0.4 is 19.5 Å². The first-order valence-corrected chi connectivity index (χ1v) is 24.2. The average Bonchev–Trinajstić information content (AvgIpc) is 4.20. The van der Waals surface area contributed by atoms with E-state index in [0.29, 0.717) is 48.5 Å². The molecule has 8 rings (SSSR count). The van der Waals surface area contributed by atoms with E-state index < -0.39 is 56.6 Å². The number of carbonyl (C=O) groups excluding carboxylic acids is 4. The van der Waals surface area contributed by atoms with Crippen LogP contribution in [0.4, 0.5) is 0 Å². The molecule has 14 heteroatoms. The van der Waals surface area contributed by atoms with Gasteiger partial charge in [0, 0.05) is 60.3 Å². The third kappa shape index (κ3) is 9.07. The van der Waals surface area contributed by atoms with Crippen molar-refractivity contribution in [3.8, 4) is 22.8 Å². The number of fused-ring (bicyclic) bond motifs is 2. The van der Waals surface area contributed by atoms with Crippen molar-refractivity contribution in [2.45, 2.75) is 133 Å². The molecule has 3 heterocycles. The van der Waals surface area contributed by atoms with E-state index in [4.69, 9.17) is 14.5 Å². The number of sulfonamides is 1. The van der Waals surface area contributed by atoms with E-state index in [1.54, 1.807) is 18.1 Å². The monoisotopic (exact) mass is 867 g/mol. The molecule has 3 aliphatic carbocycles. The average molecular weight is 868 g/mol. The molecule has 3 saturated carbocycles. The molecular formula is C48H61N5O8S. The first-order valence-electron chi connectivity index (χ1n) is 22.7. The number of methoxy groups -OCH3 is 1. The number of pyridine rings is 1. The molecule has 4 fully saturated rings. The summed E-state index contributed by atoms with van der Waals surface area (Å²) in [5, 5.41) is 3.14. The summed E-state index contributed by atoms with van der Waals surface area (Å²) in [7, 11) is -2.27. The second kappa shape index (κ2) is 18.0. The lowest BCUT2D eigenvalue weighted by molar-refractivity contribution is -0.148. The quantitative estimate of drug-likeness (QED) is 0.217. The van der Waals surface area contributed by atoms with Crippen LogP contribution in [0.1, 0.15) is 103 Å². The van der Waals surface area contributed by atoms with E-state index in [0.717, 1.165) is 67.9 Å². The van der Waals surface area contributed by atoms with Gasteiger partial charge in [-0.05, 0) is 82.8 Å². The van der Waals surface area contributed by atoms with Crippen molar-refractivity contribution in [3.05, 3.63) is 66.7 Å². The second-order valence-corrected chi connectivity index (χ2v) is 20.4. The van der Waals surface area contributed by atoms with Crippen LogP contribution in [0.15, 0.2) is 61.2 Å². The summed E-state index contributed by atoms with van der Waals surface area (Å²) in [4.78, 5) is 66.8. The van der Waals surface area contributed by atoms with E-state index in [9.17, 15) is 22.8 Å².